The molecule has 0 aliphatic rings. The van der Waals surface area contributed by atoms with Crippen molar-refractivity contribution in [1.29, 1.82) is 0 Å². The van der Waals surface area contributed by atoms with Crippen LogP contribution in [0.3, 0.4) is 0 Å². The van der Waals surface area contributed by atoms with E-state index in [-0.39, 0.29) is 0 Å². The molecular formula is C13H7ClF3N3S. The van der Waals surface area contributed by atoms with Crippen LogP contribution in [0.5, 0.6) is 0 Å². The van der Waals surface area contributed by atoms with E-state index in [9.17, 15) is 13.2 Å². The van der Waals surface area contributed by atoms with E-state index in [1.54, 1.807) is 12.1 Å². The van der Waals surface area contributed by atoms with E-state index in [1.807, 2.05) is 6.07 Å². The van der Waals surface area contributed by atoms with E-state index < -0.39 is 11.9 Å². The molecule has 2 aromatic heterocycles. The topological polar surface area (TPSA) is 37.8 Å². The first kappa shape index (κ1) is 14.1. The van der Waals surface area contributed by atoms with E-state index in [0.29, 0.717) is 15.8 Å². The number of fused-ring (bicyclic) bond motifs is 1. The Morgan fingerprint density at radius 1 is 1.14 bits per heavy atom. The van der Waals surface area contributed by atoms with Gasteiger partial charge in [0.1, 0.15) is 5.69 Å². The maximum atomic E-state index is 12.4. The summed E-state index contributed by atoms with van der Waals surface area (Å²) in [5.74, 6) is 0. The van der Waals surface area contributed by atoms with Crippen LogP contribution in [-0.2, 0) is 6.18 Å². The highest BCUT2D eigenvalue weighted by molar-refractivity contribution is 7.22. The lowest BCUT2D eigenvalue weighted by atomic mass is 10.3. The Morgan fingerprint density at radius 2 is 1.95 bits per heavy atom. The number of aromatic nitrogens is 2. The number of rotatable bonds is 2. The van der Waals surface area contributed by atoms with Gasteiger partial charge in [-0.25, -0.2) is 9.97 Å². The summed E-state index contributed by atoms with van der Waals surface area (Å²) in [6.07, 6.45) is -3.31. The molecule has 0 bridgehead atoms. The quantitative estimate of drug-likeness (QED) is 0.710. The number of alkyl halides is 3. The third kappa shape index (κ3) is 3.08. The van der Waals surface area contributed by atoms with Crippen molar-refractivity contribution in [2.45, 2.75) is 6.18 Å². The predicted molar refractivity (Wildman–Crippen MR) is 77.2 cm³/mol. The van der Waals surface area contributed by atoms with Crippen LogP contribution in [-0.4, -0.2) is 9.97 Å². The Labute approximate surface area is 126 Å². The summed E-state index contributed by atoms with van der Waals surface area (Å²) in [5.41, 5.74) is 0.243. The molecule has 1 aromatic carbocycles. The van der Waals surface area contributed by atoms with Gasteiger partial charge in [-0.1, -0.05) is 22.9 Å². The molecule has 3 nitrogen and oxygen atoms in total. The molecule has 0 aliphatic heterocycles. The van der Waals surface area contributed by atoms with Gasteiger partial charge in [-0.15, -0.1) is 0 Å². The van der Waals surface area contributed by atoms with Crippen LogP contribution >= 0.6 is 22.9 Å². The van der Waals surface area contributed by atoms with Crippen molar-refractivity contribution in [3.8, 4) is 0 Å². The lowest BCUT2D eigenvalue weighted by molar-refractivity contribution is -0.141. The smallest absolute Gasteiger partial charge is 0.330 e. The zero-order valence-corrected chi connectivity index (χ0v) is 11.9. The van der Waals surface area contributed by atoms with Crippen molar-refractivity contribution in [3.63, 3.8) is 0 Å². The molecule has 0 unspecified atom stereocenters. The number of thiazole rings is 1. The Hall–Kier alpha value is -1.86. The molecule has 0 saturated carbocycles. The molecule has 8 heteroatoms. The second kappa shape index (κ2) is 5.16. The number of hydrogen-bond acceptors (Lipinski definition) is 4. The van der Waals surface area contributed by atoms with Crippen LogP contribution in [0, 0.1) is 0 Å². The van der Waals surface area contributed by atoms with Gasteiger partial charge >= 0.3 is 6.18 Å². The fourth-order valence-electron chi connectivity index (χ4n) is 1.71. The minimum atomic E-state index is -4.44. The van der Waals surface area contributed by atoms with Gasteiger partial charge in [0.2, 0.25) is 0 Å². The number of benzene rings is 1. The van der Waals surface area contributed by atoms with Crippen LogP contribution in [0.4, 0.5) is 24.0 Å². The molecule has 0 amide bonds. The van der Waals surface area contributed by atoms with Crippen molar-refractivity contribution < 1.29 is 13.2 Å². The van der Waals surface area contributed by atoms with E-state index in [0.717, 1.165) is 22.5 Å². The van der Waals surface area contributed by atoms with E-state index in [4.69, 9.17) is 11.6 Å². The van der Waals surface area contributed by atoms with Gasteiger partial charge in [-0.2, -0.15) is 13.2 Å². The summed E-state index contributed by atoms with van der Waals surface area (Å²) in [5, 5.41) is 4.07. The Morgan fingerprint density at radius 3 is 2.62 bits per heavy atom. The Bertz CT molecular complexity index is 783. The van der Waals surface area contributed by atoms with Crippen LogP contribution in [0.25, 0.3) is 10.2 Å². The molecule has 108 valence electrons. The number of nitrogens with one attached hydrogen (secondary N) is 1. The zero-order chi connectivity index (χ0) is 15.0. The summed E-state index contributed by atoms with van der Waals surface area (Å²) in [7, 11) is 0. The molecule has 0 aliphatic carbocycles. The molecule has 0 atom stereocenters. The van der Waals surface area contributed by atoms with Gasteiger partial charge in [0.25, 0.3) is 0 Å². The molecular weight excluding hydrogens is 323 g/mol. The van der Waals surface area contributed by atoms with Crippen LogP contribution < -0.4 is 5.32 Å². The van der Waals surface area contributed by atoms with Gasteiger partial charge in [-0.3, -0.25) is 0 Å². The number of pyridine rings is 1. The zero-order valence-electron chi connectivity index (χ0n) is 10.3. The van der Waals surface area contributed by atoms with E-state index >= 15 is 0 Å². The van der Waals surface area contributed by atoms with Gasteiger partial charge in [0.15, 0.2) is 5.13 Å². The number of hydrogen-bond donors (Lipinski definition) is 1. The highest BCUT2D eigenvalue weighted by Gasteiger charge is 2.32. The number of halogens is 4. The molecule has 0 fully saturated rings. The largest absolute Gasteiger partial charge is 0.433 e. The maximum Gasteiger partial charge on any atom is 0.433 e. The Kier molecular flexibility index (Phi) is 3.46. The minimum Gasteiger partial charge on any atom is -0.330 e. The predicted octanol–water partition coefficient (Wildman–Crippen LogP) is 5.11. The van der Waals surface area contributed by atoms with Gasteiger partial charge in [0, 0.05) is 5.02 Å². The Balaban J connectivity index is 1.84. The standard InChI is InChI=1S/C13H7ClF3N3S/c14-7-1-3-10-9(5-7)20-12(21-10)19-8-2-4-11(18-6-8)13(15,16)17/h1-6H,(H,19,20). The molecule has 0 saturated heterocycles. The lowest BCUT2D eigenvalue weighted by Crippen LogP contribution is -2.07. The molecule has 0 spiro atoms. The van der Waals surface area contributed by atoms with Crippen molar-refractivity contribution in [1.82, 2.24) is 9.97 Å². The third-order valence-corrected chi connectivity index (χ3v) is 3.84. The van der Waals surface area contributed by atoms with Crippen molar-refractivity contribution in [2.24, 2.45) is 0 Å². The average molecular weight is 330 g/mol. The first-order valence-corrected chi connectivity index (χ1v) is 6.98. The monoisotopic (exact) mass is 329 g/mol. The first-order valence-electron chi connectivity index (χ1n) is 5.78. The SMILES string of the molecule is FC(F)(F)c1ccc(Nc2nc3cc(Cl)ccc3s2)cn1. The molecule has 2 heterocycles. The average Bonchev–Trinajstić information content (AvgIpc) is 2.79. The second-order valence-electron chi connectivity index (χ2n) is 4.19. The minimum absolute atomic E-state index is 0.438. The first-order chi connectivity index (χ1) is 9.91. The molecule has 3 aromatic rings. The number of anilines is 2. The van der Waals surface area contributed by atoms with Crippen LogP contribution in [0.15, 0.2) is 36.5 Å². The van der Waals surface area contributed by atoms with Gasteiger partial charge in [0.05, 0.1) is 22.1 Å². The highest BCUT2D eigenvalue weighted by atomic mass is 35.5. The summed E-state index contributed by atoms with van der Waals surface area (Å²) in [4.78, 5) is 7.70. The van der Waals surface area contributed by atoms with Crippen molar-refractivity contribution in [2.75, 3.05) is 5.32 Å². The summed E-state index contributed by atoms with van der Waals surface area (Å²) < 4.78 is 38.2. The molecule has 3 rings (SSSR count). The lowest BCUT2D eigenvalue weighted by Gasteiger charge is -2.06. The van der Waals surface area contributed by atoms with E-state index in [1.165, 1.54) is 17.4 Å². The van der Waals surface area contributed by atoms with Crippen LogP contribution in [0.2, 0.25) is 5.02 Å². The second-order valence-corrected chi connectivity index (χ2v) is 5.65. The third-order valence-electron chi connectivity index (χ3n) is 2.65. The molecule has 1 N–H and O–H groups in total. The fraction of sp³-hybridized carbons (Fsp3) is 0.0769. The molecule has 0 radical (unpaired) electrons. The summed E-state index contributed by atoms with van der Waals surface area (Å²) in [6.45, 7) is 0. The molecule has 21 heavy (non-hydrogen) atoms. The summed E-state index contributed by atoms with van der Waals surface area (Å²) in [6, 6.07) is 7.56. The fourth-order valence-corrected chi connectivity index (χ4v) is 2.75. The number of nitrogens with zero attached hydrogens (tertiary/aromatic N) is 2. The van der Waals surface area contributed by atoms with Crippen molar-refractivity contribution in [3.05, 3.63) is 47.2 Å². The van der Waals surface area contributed by atoms with Gasteiger partial charge in [-0.05, 0) is 30.3 Å². The maximum absolute atomic E-state index is 12.4. The normalized spacial score (nSPS) is 11.8. The van der Waals surface area contributed by atoms with Gasteiger partial charge < -0.3 is 5.32 Å². The summed E-state index contributed by atoms with van der Waals surface area (Å²) >= 11 is 7.26. The van der Waals surface area contributed by atoms with Crippen LogP contribution in [0.1, 0.15) is 5.69 Å². The highest BCUT2D eigenvalue weighted by Crippen LogP contribution is 2.31. The van der Waals surface area contributed by atoms with Crippen molar-refractivity contribution >= 4 is 44.0 Å². The van der Waals surface area contributed by atoms with E-state index in [2.05, 4.69) is 15.3 Å².